The molecular weight excluding hydrogens is 266 g/mol. The predicted molar refractivity (Wildman–Crippen MR) is 102 cm³/mol. The summed E-state index contributed by atoms with van der Waals surface area (Å²) in [6, 6.07) is 0. The largest absolute Gasteiger partial charge is 0.344 e. The molecular formula is C21H27N. The molecule has 0 N–H and O–H groups in total. The SMILES string of the molecule is C=Cc1c(C=C)c(/C=C\C(C)C=C)n(C)c1/C=C\C(C)C=C. The minimum absolute atomic E-state index is 0.333. The van der Waals surface area contributed by atoms with Crippen molar-refractivity contribution >= 4 is 24.3 Å². The number of hydrogen-bond donors (Lipinski definition) is 0. The summed E-state index contributed by atoms with van der Waals surface area (Å²) in [5.41, 5.74) is 4.47. The average Bonchev–Trinajstić information content (AvgIpc) is 2.80. The van der Waals surface area contributed by atoms with Crippen molar-refractivity contribution in [1.29, 1.82) is 0 Å². The molecule has 0 bridgehead atoms. The molecule has 0 fully saturated rings. The first-order valence-corrected chi connectivity index (χ1v) is 7.59. The van der Waals surface area contributed by atoms with Crippen molar-refractivity contribution in [3.63, 3.8) is 0 Å². The van der Waals surface area contributed by atoms with Crippen molar-refractivity contribution in [3.05, 3.63) is 73.1 Å². The van der Waals surface area contributed by atoms with Gasteiger partial charge in [-0.15, -0.1) is 13.2 Å². The van der Waals surface area contributed by atoms with Gasteiger partial charge in [-0.3, -0.25) is 0 Å². The molecule has 0 aliphatic carbocycles. The van der Waals surface area contributed by atoms with Crippen LogP contribution < -0.4 is 0 Å². The number of nitrogens with zero attached hydrogens (tertiary/aromatic N) is 1. The van der Waals surface area contributed by atoms with Crippen LogP contribution in [0.15, 0.2) is 50.6 Å². The molecule has 1 aromatic heterocycles. The minimum Gasteiger partial charge on any atom is -0.344 e. The van der Waals surface area contributed by atoms with Crippen molar-refractivity contribution in [2.75, 3.05) is 0 Å². The molecule has 22 heavy (non-hydrogen) atoms. The van der Waals surface area contributed by atoms with E-state index in [0.717, 1.165) is 22.5 Å². The first-order chi connectivity index (χ1) is 10.5. The molecule has 1 aromatic rings. The average molecular weight is 293 g/mol. The van der Waals surface area contributed by atoms with E-state index < -0.39 is 0 Å². The van der Waals surface area contributed by atoms with E-state index in [1.807, 2.05) is 24.3 Å². The van der Waals surface area contributed by atoms with Gasteiger partial charge in [0.1, 0.15) is 0 Å². The third kappa shape index (κ3) is 3.88. The highest BCUT2D eigenvalue weighted by atomic mass is 15.0. The second-order valence-corrected chi connectivity index (χ2v) is 5.47. The van der Waals surface area contributed by atoms with Crippen LogP contribution in [0.2, 0.25) is 0 Å². The molecule has 0 aliphatic heterocycles. The van der Waals surface area contributed by atoms with Crippen LogP contribution >= 0.6 is 0 Å². The molecule has 2 atom stereocenters. The zero-order valence-corrected chi connectivity index (χ0v) is 14.0. The summed E-state index contributed by atoms with van der Waals surface area (Å²) in [5.74, 6) is 0.666. The summed E-state index contributed by atoms with van der Waals surface area (Å²) in [7, 11) is 2.07. The van der Waals surface area contributed by atoms with E-state index in [4.69, 9.17) is 0 Å². The van der Waals surface area contributed by atoms with Crippen molar-refractivity contribution in [1.82, 2.24) is 4.57 Å². The lowest BCUT2D eigenvalue weighted by atomic mass is 10.1. The van der Waals surface area contributed by atoms with Crippen LogP contribution in [0.5, 0.6) is 0 Å². The lowest BCUT2D eigenvalue weighted by Crippen LogP contribution is -1.95. The lowest BCUT2D eigenvalue weighted by molar-refractivity contribution is 0.890. The van der Waals surface area contributed by atoms with Crippen LogP contribution in [0.4, 0.5) is 0 Å². The Bertz CT molecular complexity index is 569. The van der Waals surface area contributed by atoms with Crippen molar-refractivity contribution in [2.45, 2.75) is 13.8 Å². The van der Waals surface area contributed by atoms with Crippen LogP contribution in [0.1, 0.15) is 36.4 Å². The third-order valence-electron chi connectivity index (χ3n) is 3.83. The monoisotopic (exact) mass is 293 g/mol. The van der Waals surface area contributed by atoms with E-state index in [9.17, 15) is 0 Å². The second-order valence-electron chi connectivity index (χ2n) is 5.47. The van der Waals surface area contributed by atoms with Gasteiger partial charge in [0.05, 0.1) is 0 Å². The molecule has 0 spiro atoms. The van der Waals surface area contributed by atoms with E-state index in [1.165, 1.54) is 0 Å². The molecule has 2 unspecified atom stereocenters. The zero-order chi connectivity index (χ0) is 16.7. The van der Waals surface area contributed by atoms with Gasteiger partial charge < -0.3 is 4.57 Å². The molecule has 1 nitrogen and oxygen atoms in total. The maximum absolute atomic E-state index is 3.96. The second kappa shape index (κ2) is 8.23. The van der Waals surface area contributed by atoms with Gasteiger partial charge in [0, 0.05) is 29.6 Å². The fourth-order valence-electron chi connectivity index (χ4n) is 2.24. The van der Waals surface area contributed by atoms with Gasteiger partial charge in [0.2, 0.25) is 0 Å². The zero-order valence-electron chi connectivity index (χ0n) is 14.0. The van der Waals surface area contributed by atoms with Crippen LogP contribution in [-0.4, -0.2) is 4.57 Å². The molecule has 0 aromatic carbocycles. The Morgan fingerprint density at radius 2 is 1.14 bits per heavy atom. The third-order valence-corrected chi connectivity index (χ3v) is 3.83. The van der Waals surface area contributed by atoms with Gasteiger partial charge in [-0.1, -0.05) is 63.5 Å². The van der Waals surface area contributed by atoms with Crippen molar-refractivity contribution in [3.8, 4) is 0 Å². The predicted octanol–water partition coefficient (Wildman–Crippen LogP) is 5.98. The Hall–Kier alpha value is -2.28. The quantitative estimate of drug-likeness (QED) is 0.519. The van der Waals surface area contributed by atoms with Gasteiger partial charge in [-0.25, -0.2) is 0 Å². The summed E-state index contributed by atoms with van der Waals surface area (Å²) >= 11 is 0. The maximum Gasteiger partial charge on any atom is 0.0485 e. The first kappa shape index (κ1) is 17.8. The summed E-state index contributed by atoms with van der Waals surface area (Å²) in [4.78, 5) is 0. The molecule has 1 heterocycles. The van der Waals surface area contributed by atoms with Crippen LogP contribution in [0.3, 0.4) is 0 Å². The summed E-state index contributed by atoms with van der Waals surface area (Å²) in [6.45, 7) is 19.8. The van der Waals surface area contributed by atoms with E-state index >= 15 is 0 Å². The molecule has 1 heteroatoms. The molecule has 0 aliphatic rings. The Morgan fingerprint density at radius 3 is 1.41 bits per heavy atom. The molecule has 0 amide bonds. The first-order valence-electron chi connectivity index (χ1n) is 7.59. The van der Waals surface area contributed by atoms with Gasteiger partial charge >= 0.3 is 0 Å². The summed E-state index contributed by atoms with van der Waals surface area (Å²) in [5, 5.41) is 0. The van der Waals surface area contributed by atoms with E-state index in [2.05, 4.69) is 76.1 Å². The smallest absolute Gasteiger partial charge is 0.0485 e. The fraction of sp³-hybridized carbons (Fsp3) is 0.238. The Labute approximate surface area is 135 Å². The topological polar surface area (TPSA) is 4.93 Å². The normalized spacial score (nSPS) is 14.1. The highest BCUT2D eigenvalue weighted by Crippen LogP contribution is 2.27. The van der Waals surface area contributed by atoms with E-state index in [1.54, 1.807) is 0 Å². The molecule has 1 rings (SSSR count). The van der Waals surface area contributed by atoms with Gasteiger partial charge in [0.25, 0.3) is 0 Å². The highest BCUT2D eigenvalue weighted by Gasteiger charge is 2.13. The number of hydrogen-bond acceptors (Lipinski definition) is 0. The highest BCUT2D eigenvalue weighted by molar-refractivity contribution is 5.78. The Kier molecular flexibility index (Phi) is 6.65. The van der Waals surface area contributed by atoms with E-state index in [0.29, 0.717) is 11.8 Å². The number of aromatic nitrogens is 1. The van der Waals surface area contributed by atoms with Crippen molar-refractivity contribution in [2.24, 2.45) is 18.9 Å². The van der Waals surface area contributed by atoms with Crippen molar-refractivity contribution < 1.29 is 0 Å². The standard InChI is InChI=1S/C21H27N/c1-8-16(5)12-14-20-18(10-3)19(11-4)21(22(20)7)15-13-17(6)9-2/h8-17H,1-4H2,5-7H3/b14-12-,15-13-. The van der Waals surface area contributed by atoms with E-state index in [-0.39, 0.29) is 0 Å². The van der Waals surface area contributed by atoms with Crippen LogP contribution in [-0.2, 0) is 7.05 Å². The molecule has 0 radical (unpaired) electrons. The Balaban J connectivity index is 3.43. The van der Waals surface area contributed by atoms with Crippen LogP contribution in [0.25, 0.3) is 24.3 Å². The van der Waals surface area contributed by atoms with Gasteiger partial charge in [-0.05, 0) is 24.0 Å². The maximum atomic E-state index is 3.96. The molecule has 116 valence electrons. The summed E-state index contributed by atoms with van der Waals surface area (Å²) < 4.78 is 2.17. The number of allylic oxidation sites excluding steroid dienone is 4. The minimum atomic E-state index is 0.333. The van der Waals surface area contributed by atoms with Gasteiger partial charge in [-0.2, -0.15) is 0 Å². The molecule has 0 saturated heterocycles. The molecule has 0 saturated carbocycles. The van der Waals surface area contributed by atoms with Gasteiger partial charge in [0.15, 0.2) is 0 Å². The summed E-state index contributed by atoms with van der Waals surface area (Å²) in [6.07, 6.45) is 16.2. The number of rotatable bonds is 8. The lowest BCUT2D eigenvalue weighted by Gasteiger charge is -2.04. The Morgan fingerprint density at radius 1 is 0.773 bits per heavy atom. The fourth-order valence-corrected chi connectivity index (χ4v) is 2.24. The van der Waals surface area contributed by atoms with Crippen LogP contribution in [0, 0.1) is 11.8 Å².